The van der Waals surface area contributed by atoms with Gasteiger partial charge in [0.1, 0.15) is 18.0 Å². The third kappa shape index (κ3) is 2.34. The van der Waals surface area contributed by atoms with Gasteiger partial charge in [-0.1, -0.05) is 13.8 Å². The summed E-state index contributed by atoms with van der Waals surface area (Å²) in [6.45, 7) is 6.31. The highest BCUT2D eigenvalue weighted by atomic mass is 15.0. The SMILES string of the molecule is CCc1c(N)ncnc1NC(C)CC. The van der Waals surface area contributed by atoms with Gasteiger partial charge in [-0.15, -0.1) is 0 Å². The Kier molecular flexibility index (Phi) is 3.68. The first-order valence-electron chi connectivity index (χ1n) is 5.04. The molecule has 4 heteroatoms. The number of hydrogen-bond acceptors (Lipinski definition) is 4. The Morgan fingerprint density at radius 1 is 1.43 bits per heavy atom. The summed E-state index contributed by atoms with van der Waals surface area (Å²) < 4.78 is 0. The van der Waals surface area contributed by atoms with Crippen molar-refractivity contribution in [1.82, 2.24) is 9.97 Å². The number of nitrogens with two attached hydrogens (primary N) is 1. The number of rotatable bonds is 4. The largest absolute Gasteiger partial charge is 0.383 e. The van der Waals surface area contributed by atoms with Crippen molar-refractivity contribution in [2.75, 3.05) is 11.1 Å². The maximum atomic E-state index is 5.76. The van der Waals surface area contributed by atoms with Gasteiger partial charge in [-0.05, 0) is 19.8 Å². The van der Waals surface area contributed by atoms with Gasteiger partial charge in [0.05, 0.1) is 0 Å². The normalized spacial score (nSPS) is 12.5. The molecule has 4 nitrogen and oxygen atoms in total. The molecule has 14 heavy (non-hydrogen) atoms. The van der Waals surface area contributed by atoms with Gasteiger partial charge in [-0.3, -0.25) is 0 Å². The van der Waals surface area contributed by atoms with E-state index in [2.05, 4.69) is 36.1 Å². The topological polar surface area (TPSA) is 63.8 Å². The zero-order valence-corrected chi connectivity index (χ0v) is 9.04. The molecule has 1 aromatic rings. The lowest BCUT2D eigenvalue weighted by molar-refractivity contribution is 0.755. The van der Waals surface area contributed by atoms with E-state index in [9.17, 15) is 0 Å². The molecule has 1 heterocycles. The second-order valence-electron chi connectivity index (χ2n) is 3.39. The molecule has 3 N–H and O–H groups in total. The fraction of sp³-hybridized carbons (Fsp3) is 0.600. The van der Waals surface area contributed by atoms with Crippen LogP contribution in [0, 0.1) is 0 Å². The molecule has 1 unspecified atom stereocenters. The van der Waals surface area contributed by atoms with Crippen LogP contribution in [0.3, 0.4) is 0 Å². The summed E-state index contributed by atoms with van der Waals surface area (Å²) in [7, 11) is 0. The molecule has 1 rings (SSSR count). The number of anilines is 2. The van der Waals surface area contributed by atoms with E-state index in [0.29, 0.717) is 11.9 Å². The van der Waals surface area contributed by atoms with E-state index in [4.69, 9.17) is 5.73 Å². The second kappa shape index (κ2) is 4.79. The van der Waals surface area contributed by atoms with Crippen LogP contribution < -0.4 is 11.1 Å². The smallest absolute Gasteiger partial charge is 0.134 e. The lowest BCUT2D eigenvalue weighted by Crippen LogP contribution is -2.17. The summed E-state index contributed by atoms with van der Waals surface area (Å²) in [6, 6.07) is 0.412. The van der Waals surface area contributed by atoms with Crippen LogP contribution in [0.25, 0.3) is 0 Å². The molecule has 0 aliphatic heterocycles. The van der Waals surface area contributed by atoms with E-state index in [1.807, 2.05) is 0 Å². The standard InChI is InChI=1S/C10H18N4/c1-4-7(3)14-10-8(5-2)9(11)12-6-13-10/h6-7H,4-5H2,1-3H3,(H3,11,12,13,14). The van der Waals surface area contributed by atoms with Crippen LogP contribution in [0.1, 0.15) is 32.8 Å². The van der Waals surface area contributed by atoms with Gasteiger partial charge < -0.3 is 11.1 Å². The van der Waals surface area contributed by atoms with Crippen molar-refractivity contribution in [3.05, 3.63) is 11.9 Å². The summed E-state index contributed by atoms with van der Waals surface area (Å²) in [5.41, 5.74) is 6.77. The first-order valence-corrected chi connectivity index (χ1v) is 5.04. The maximum absolute atomic E-state index is 5.76. The highest BCUT2D eigenvalue weighted by Gasteiger charge is 2.08. The highest BCUT2D eigenvalue weighted by Crippen LogP contribution is 2.18. The molecule has 0 fully saturated rings. The van der Waals surface area contributed by atoms with Gasteiger partial charge in [0.2, 0.25) is 0 Å². The zero-order chi connectivity index (χ0) is 10.6. The Labute approximate surface area is 85.0 Å². The second-order valence-corrected chi connectivity index (χ2v) is 3.39. The molecule has 0 aliphatic carbocycles. The van der Waals surface area contributed by atoms with Gasteiger partial charge in [0.25, 0.3) is 0 Å². The Balaban J connectivity index is 2.90. The summed E-state index contributed by atoms with van der Waals surface area (Å²) >= 11 is 0. The van der Waals surface area contributed by atoms with Gasteiger partial charge in [0.15, 0.2) is 0 Å². The predicted molar refractivity (Wildman–Crippen MR) is 59.2 cm³/mol. The van der Waals surface area contributed by atoms with Gasteiger partial charge in [-0.2, -0.15) is 0 Å². The molecule has 0 saturated heterocycles. The fourth-order valence-electron chi connectivity index (χ4n) is 1.23. The average Bonchev–Trinajstić information content (AvgIpc) is 2.18. The van der Waals surface area contributed by atoms with Crippen molar-refractivity contribution in [2.24, 2.45) is 0 Å². The highest BCUT2D eigenvalue weighted by molar-refractivity contribution is 5.55. The summed E-state index contributed by atoms with van der Waals surface area (Å²) in [6.07, 6.45) is 3.41. The number of nitrogens with zero attached hydrogens (tertiary/aromatic N) is 2. The Hall–Kier alpha value is -1.32. The molecule has 0 amide bonds. The van der Waals surface area contributed by atoms with E-state index in [1.165, 1.54) is 6.33 Å². The number of hydrogen-bond donors (Lipinski definition) is 2. The van der Waals surface area contributed by atoms with Crippen molar-refractivity contribution in [2.45, 2.75) is 39.7 Å². The minimum Gasteiger partial charge on any atom is -0.383 e. The van der Waals surface area contributed by atoms with Crippen LogP contribution in [0.4, 0.5) is 11.6 Å². The van der Waals surface area contributed by atoms with Crippen molar-refractivity contribution >= 4 is 11.6 Å². The van der Waals surface area contributed by atoms with E-state index >= 15 is 0 Å². The predicted octanol–water partition coefficient (Wildman–Crippen LogP) is 1.83. The number of nitrogens with one attached hydrogen (secondary N) is 1. The van der Waals surface area contributed by atoms with Gasteiger partial charge in [0, 0.05) is 11.6 Å². The van der Waals surface area contributed by atoms with E-state index in [-0.39, 0.29) is 0 Å². The molecule has 0 spiro atoms. The van der Waals surface area contributed by atoms with Gasteiger partial charge in [-0.25, -0.2) is 9.97 Å². The van der Waals surface area contributed by atoms with Crippen LogP contribution in [-0.2, 0) is 6.42 Å². The molecule has 0 bridgehead atoms. The van der Waals surface area contributed by atoms with Crippen LogP contribution in [-0.4, -0.2) is 16.0 Å². The summed E-state index contributed by atoms with van der Waals surface area (Å²) in [4.78, 5) is 8.17. The Morgan fingerprint density at radius 2 is 2.14 bits per heavy atom. The van der Waals surface area contributed by atoms with Crippen LogP contribution in [0.15, 0.2) is 6.33 Å². The summed E-state index contributed by atoms with van der Waals surface area (Å²) in [5.74, 6) is 1.45. The number of aromatic nitrogens is 2. The monoisotopic (exact) mass is 194 g/mol. The molecule has 0 aliphatic rings. The first-order chi connectivity index (χ1) is 6.69. The van der Waals surface area contributed by atoms with E-state index in [0.717, 1.165) is 24.2 Å². The average molecular weight is 194 g/mol. The van der Waals surface area contributed by atoms with Gasteiger partial charge >= 0.3 is 0 Å². The first kappa shape index (κ1) is 10.8. The lowest BCUT2D eigenvalue weighted by Gasteiger charge is -2.15. The van der Waals surface area contributed by atoms with Crippen molar-refractivity contribution in [3.63, 3.8) is 0 Å². The molecule has 1 aromatic heterocycles. The molecule has 1 atom stereocenters. The Morgan fingerprint density at radius 3 is 2.71 bits per heavy atom. The number of nitrogen functional groups attached to an aromatic ring is 1. The third-order valence-electron chi connectivity index (χ3n) is 2.33. The minimum absolute atomic E-state index is 0.412. The van der Waals surface area contributed by atoms with Crippen LogP contribution >= 0.6 is 0 Å². The third-order valence-corrected chi connectivity index (χ3v) is 2.33. The lowest BCUT2D eigenvalue weighted by atomic mass is 10.2. The van der Waals surface area contributed by atoms with Crippen LogP contribution in [0.2, 0.25) is 0 Å². The minimum atomic E-state index is 0.412. The Bertz CT molecular complexity index is 298. The summed E-state index contributed by atoms with van der Waals surface area (Å²) in [5, 5.41) is 3.32. The quantitative estimate of drug-likeness (QED) is 0.767. The molecule has 0 saturated carbocycles. The van der Waals surface area contributed by atoms with Crippen LogP contribution in [0.5, 0.6) is 0 Å². The van der Waals surface area contributed by atoms with E-state index < -0.39 is 0 Å². The van der Waals surface area contributed by atoms with Crippen molar-refractivity contribution in [3.8, 4) is 0 Å². The van der Waals surface area contributed by atoms with Crippen molar-refractivity contribution in [1.29, 1.82) is 0 Å². The molecule has 78 valence electrons. The molecular weight excluding hydrogens is 176 g/mol. The molecule has 0 aromatic carbocycles. The van der Waals surface area contributed by atoms with E-state index in [1.54, 1.807) is 0 Å². The molecule has 0 radical (unpaired) electrons. The zero-order valence-electron chi connectivity index (χ0n) is 9.04. The maximum Gasteiger partial charge on any atom is 0.134 e. The fourth-order valence-corrected chi connectivity index (χ4v) is 1.23. The van der Waals surface area contributed by atoms with Crippen molar-refractivity contribution < 1.29 is 0 Å². The molecular formula is C10H18N4.